The maximum Gasteiger partial charge on any atom is 0.314 e. The maximum absolute atomic E-state index is 12.9. The summed E-state index contributed by atoms with van der Waals surface area (Å²) in [7, 11) is 0. The van der Waals surface area contributed by atoms with Crippen LogP contribution in [0.3, 0.4) is 0 Å². The number of amides is 3. The molecule has 0 spiro atoms. The van der Waals surface area contributed by atoms with Crippen LogP contribution in [0.4, 0.5) is 10.5 Å². The van der Waals surface area contributed by atoms with Crippen molar-refractivity contribution in [1.82, 2.24) is 10.6 Å². The summed E-state index contributed by atoms with van der Waals surface area (Å²) in [5.41, 5.74) is 2.41. The smallest absolute Gasteiger partial charge is 0.314 e. The Kier molecular flexibility index (Phi) is 6.60. The number of benzene rings is 1. The first-order valence-corrected chi connectivity index (χ1v) is 8.95. The van der Waals surface area contributed by atoms with E-state index in [0.717, 1.165) is 36.9 Å². The largest absolute Gasteiger partial charge is 0.481 e. The van der Waals surface area contributed by atoms with E-state index in [0.29, 0.717) is 0 Å². The third-order valence-corrected chi connectivity index (χ3v) is 5.02. The lowest BCUT2D eigenvalue weighted by molar-refractivity contribution is -0.136. The van der Waals surface area contributed by atoms with Crippen molar-refractivity contribution in [3.05, 3.63) is 29.3 Å². The first-order chi connectivity index (χ1) is 12.3. The van der Waals surface area contributed by atoms with Crippen LogP contribution < -0.4 is 16.0 Å². The van der Waals surface area contributed by atoms with E-state index in [9.17, 15) is 14.4 Å². The fourth-order valence-electron chi connectivity index (χ4n) is 3.21. The summed E-state index contributed by atoms with van der Waals surface area (Å²) in [6.45, 7) is 4.32. The van der Waals surface area contributed by atoms with Crippen molar-refractivity contribution in [3.63, 3.8) is 0 Å². The summed E-state index contributed by atoms with van der Waals surface area (Å²) >= 11 is 0. The molecule has 1 saturated carbocycles. The topological polar surface area (TPSA) is 108 Å². The van der Waals surface area contributed by atoms with Crippen LogP contribution in [0, 0.1) is 19.3 Å². The Morgan fingerprint density at radius 2 is 1.77 bits per heavy atom. The molecule has 0 aromatic heterocycles. The van der Waals surface area contributed by atoms with Crippen LogP contribution in [0.25, 0.3) is 0 Å². The van der Waals surface area contributed by atoms with Gasteiger partial charge in [0.1, 0.15) is 0 Å². The van der Waals surface area contributed by atoms with E-state index in [1.54, 1.807) is 0 Å². The SMILES string of the molecule is Cc1ccc(NC(=O)C2(CNC(=O)NCCC(=O)O)CCCC2)cc1C. The number of hydrogen-bond acceptors (Lipinski definition) is 3. The minimum absolute atomic E-state index is 0.0585. The van der Waals surface area contributed by atoms with Crippen LogP contribution in [-0.4, -0.2) is 36.1 Å². The van der Waals surface area contributed by atoms with E-state index in [1.807, 2.05) is 32.0 Å². The van der Waals surface area contributed by atoms with E-state index in [2.05, 4.69) is 16.0 Å². The van der Waals surface area contributed by atoms with Gasteiger partial charge in [0.05, 0.1) is 11.8 Å². The van der Waals surface area contributed by atoms with Crippen LogP contribution >= 0.6 is 0 Å². The van der Waals surface area contributed by atoms with Crippen LogP contribution in [0.5, 0.6) is 0 Å². The predicted octanol–water partition coefficient (Wildman–Crippen LogP) is 2.58. The van der Waals surface area contributed by atoms with Crippen LogP contribution in [0.15, 0.2) is 18.2 Å². The Bertz CT molecular complexity index is 681. The van der Waals surface area contributed by atoms with Crippen molar-refractivity contribution in [1.29, 1.82) is 0 Å². The van der Waals surface area contributed by atoms with E-state index in [1.165, 1.54) is 5.56 Å². The highest BCUT2D eigenvalue weighted by Gasteiger charge is 2.41. The number of urea groups is 1. The summed E-state index contributed by atoms with van der Waals surface area (Å²) in [6, 6.07) is 5.36. The number of hydrogen-bond donors (Lipinski definition) is 4. The monoisotopic (exact) mass is 361 g/mol. The van der Waals surface area contributed by atoms with Crippen LogP contribution in [-0.2, 0) is 9.59 Å². The molecule has 2 rings (SSSR count). The number of carbonyl (C=O) groups is 3. The van der Waals surface area contributed by atoms with Gasteiger partial charge in [-0.05, 0) is 49.9 Å². The molecule has 26 heavy (non-hydrogen) atoms. The average Bonchev–Trinajstić information content (AvgIpc) is 3.06. The van der Waals surface area contributed by atoms with Crippen molar-refractivity contribution < 1.29 is 19.5 Å². The van der Waals surface area contributed by atoms with Crippen LogP contribution in [0.2, 0.25) is 0 Å². The van der Waals surface area contributed by atoms with Crippen molar-refractivity contribution in [3.8, 4) is 0 Å². The van der Waals surface area contributed by atoms with Crippen LogP contribution in [0.1, 0.15) is 43.2 Å². The quantitative estimate of drug-likeness (QED) is 0.598. The van der Waals surface area contributed by atoms with Gasteiger partial charge in [-0.25, -0.2) is 4.79 Å². The molecule has 1 aliphatic rings. The summed E-state index contributed by atoms with van der Waals surface area (Å²) in [5.74, 6) is -1.05. The van der Waals surface area contributed by atoms with Gasteiger partial charge in [0, 0.05) is 18.8 Å². The van der Waals surface area contributed by atoms with Gasteiger partial charge >= 0.3 is 12.0 Å². The summed E-state index contributed by atoms with van der Waals surface area (Å²) in [5, 5.41) is 16.8. The lowest BCUT2D eigenvalue weighted by Gasteiger charge is -2.28. The maximum atomic E-state index is 12.9. The molecule has 0 radical (unpaired) electrons. The van der Waals surface area contributed by atoms with Gasteiger partial charge in [0.25, 0.3) is 0 Å². The molecule has 0 bridgehead atoms. The zero-order valence-electron chi connectivity index (χ0n) is 15.4. The summed E-state index contributed by atoms with van der Waals surface area (Å²) in [4.78, 5) is 35.2. The minimum atomic E-state index is -0.967. The van der Waals surface area contributed by atoms with Crippen molar-refractivity contribution >= 4 is 23.6 Å². The van der Waals surface area contributed by atoms with Gasteiger partial charge < -0.3 is 21.1 Å². The molecule has 0 saturated heterocycles. The molecular formula is C19H27N3O4. The fraction of sp³-hybridized carbons (Fsp3) is 0.526. The van der Waals surface area contributed by atoms with Crippen molar-refractivity contribution in [2.24, 2.45) is 5.41 Å². The Hall–Kier alpha value is -2.57. The number of anilines is 1. The number of aryl methyl sites for hydroxylation is 2. The molecule has 3 amide bonds. The zero-order valence-corrected chi connectivity index (χ0v) is 15.4. The molecule has 142 valence electrons. The molecule has 7 nitrogen and oxygen atoms in total. The van der Waals surface area contributed by atoms with Crippen molar-refractivity contribution in [2.45, 2.75) is 46.0 Å². The highest BCUT2D eigenvalue weighted by Crippen LogP contribution is 2.38. The third-order valence-electron chi connectivity index (χ3n) is 5.02. The highest BCUT2D eigenvalue weighted by atomic mass is 16.4. The number of carboxylic acid groups (broad SMARTS) is 1. The third kappa shape index (κ3) is 5.21. The van der Waals surface area contributed by atoms with Gasteiger partial charge in [-0.15, -0.1) is 0 Å². The normalized spacial score (nSPS) is 15.3. The average molecular weight is 361 g/mol. The molecule has 0 aliphatic heterocycles. The van der Waals surface area contributed by atoms with Gasteiger partial charge in [0.2, 0.25) is 5.91 Å². The van der Waals surface area contributed by atoms with Gasteiger partial charge in [-0.3, -0.25) is 9.59 Å². The molecule has 1 aliphatic carbocycles. The predicted molar refractivity (Wildman–Crippen MR) is 99.1 cm³/mol. The second kappa shape index (κ2) is 8.69. The Morgan fingerprint density at radius 3 is 2.38 bits per heavy atom. The first-order valence-electron chi connectivity index (χ1n) is 8.95. The molecular weight excluding hydrogens is 334 g/mol. The van der Waals surface area contributed by atoms with Crippen molar-refractivity contribution in [2.75, 3.05) is 18.4 Å². The van der Waals surface area contributed by atoms with Gasteiger partial charge in [0.15, 0.2) is 0 Å². The summed E-state index contributed by atoms with van der Waals surface area (Å²) in [6.07, 6.45) is 3.20. The number of carbonyl (C=O) groups excluding carboxylic acids is 2. The van der Waals surface area contributed by atoms with Gasteiger partial charge in [-0.1, -0.05) is 18.9 Å². The Labute approximate surface area is 153 Å². The van der Waals surface area contributed by atoms with E-state index < -0.39 is 17.4 Å². The second-order valence-electron chi connectivity index (χ2n) is 6.99. The molecule has 7 heteroatoms. The highest BCUT2D eigenvalue weighted by molar-refractivity contribution is 5.96. The standard InChI is InChI=1S/C19H27N3O4/c1-13-5-6-15(11-14(13)2)22-17(25)19(8-3-4-9-19)12-21-18(26)20-10-7-16(23)24/h5-6,11H,3-4,7-10,12H2,1-2H3,(H,22,25)(H,23,24)(H2,20,21,26). The summed E-state index contributed by atoms with van der Waals surface area (Å²) < 4.78 is 0. The number of aliphatic carboxylic acids is 1. The molecule has 1 fully saturated rings. The Balaban J connectivity index is 1.95. The number of carboxylic acids is 1. The second-order valence-corrected chi connectivity index (χ2v) is 6.99. The molecule has 0 unspecified atom stereocenters. The first kappa shape index (κ1) is 19.8. The lowest BCUT2D eigenvalue weighted by atomic mass is 9.85. The molecule has 1 aromatic carbocycles. The molecule has 1 aromatic rings. The van der Waals surface area contributed by atoms with E-state index >= 15 is 0 Å². The Morgan fingerprint density at radius 1 is 1.08 bits per heavy atom. The van der Waals surface area contributed by atoms with E-state index in [-0.39, 0.29) is 25.4 Å². The lowest BCUT2D eigenvalue weighted by Crippen LogP contribution is -2.47. The fourth-order valence-corrected chi connectivity index (χ4v) is 3.21. The molecule has 0 heterocycles. The van der Waals surface area contributed by atoms with Gasteiger partial charge in [-0.2, -0.15) is 0 Å². The number of rotatable bonds is 7. The molecule has 4 N–H and O–H groups in total. The zero-order chi connectivity index (χ0) is 19.2. The molecule has 0 atom stereocenters. The van der Waals surface area contributed by atoms with E-state index in [4.69, 9.17) is 5.11 Å². The number of nitrogens with one attached hydrogen (secondary N) is 3. The minimum Gasteiger partial charge on any atom is -0.481 e.